The summed E-state index contributed by atoms with van der Waals surface area (Å²) in [7, 11) is 0. The van der Waals surface area contributed by atoms with Crippen molar-refractivity contribution in [1.29, 1.82) is 5.26 Å². The molecule has 3 nitrogen and oxygen atoms in total. The molecule has 0 saturated heterocycles. The number of aromatic nitrogens is 2. The van der Waals surface area contributed by atoms with E-state index in [0.29, 0.717) is 0 Å². The van der Waals surface area contributed by atoms with E-state index in [2.05, 4.69) is 40.0 Å². The van der Waals surface area contributed by atoms with Crippen LogP contribution in [0.3, 0.4) is 0 Å². The third-order valence-electron chi connectivity index (χ3n) is 4.29. The van der Waals surface area contributed by atoms with Gasteiger partial charge in [0.05, 0.1) is 28.7 Å². The summed E-state index contributed by atoms with van der Waals surface area (Å²) >= 11 is 0. The van der Waals surface area contributed by atoms with Crippen LogP contribution in [0.25, 0.3) is 27.5 Å². The van der Waals surface area contributed by atoms with Gasteiger partial charge in [-0.15, -0.1) is 0 Å². The van der Waals surface area contributed by atoms with Gasteiger partial charge in [0, 0.05) is 23.2 Å². The van der Waals surface area contributed by atoms with E-state index in [1.807, 2.05) is 49.5 Å². The van der Waals surface area contributed by atoms with E-state index in [4.69, 9.17) is 0 Å². The predicted octanol–water partition coefficient (Wildman–Crippen LogP) is 4.81. The highest BCUT2D eigenvalue weighted by atomic mass is 15.0. The molecule has 23 heavy (non-hydrogen) atoms. The molecule has 0 aliphatic rings. The maximum atomic E-state index is 9.33. The van der Waals surface area contributed by atoms with Crippen molar-refractivity contribution in [1.82, 2.24) is 9.55 Å². The second-order valence-corrected chi connectivity index (χ2v) is 5.67. The zero-order chi connectivity index (χ0) is 15.8. The molecule has 0 N–H and O–H groups in total. The van der Waals surface area contributed by atoms with Crippen LogP contribution in [0, 0.1) is 11.3 Å². The van der Waals surface area contributed by atoms with Crippen LogP contribution in [0.5, 0.6) is 0 Å². The Kier molecular flexibility index (Phi) is 3.09. The second-order valence-electron chi connectivity index (χ2n) is 5.67. The van der Waals surface area contributed by atoms with Gasteiger partial charge in [-0.2, -0.15) is 5.26 Å². The monoisotopic (exact) mass is 297 g/mol. The van der Waals surface area contributed by atoms with Gasteiger partial charge in [-0.1, -0.05) is 36.4 Å². The highest BCUT2D eigenvalue weighted by Gasteiger charge is 2.15. The number of nitriles is 1. The Hall–Kier alpha value is -3.12. The van der Waals surface area contributed by atoms with Crippen LogP contribution in [0.1, 0.15) is 18.4 Å². The Morgan fingerprint density at radius 2 is 1.74 bits per heavy atom. The van der Waals surface area contributed by atoms with Crippen LogP contribution in [-0.2, 0) is 0 Å². The number of pyridine rings is 1. The first-order valence-electron chi connectivity index (χ1n) is 7.63. The molecule has 3 heteroatoms. The standard InChI is InChI=1S/C20H15N3/c1-14(12-21)17-13-23(19-9-5-3-6-15(17)19)20-10-11-22-18-8-4-2-7-16(18)20/h2-11,13-14H,1H3. The van der Waals surface area contributed by atoms with Crippen LogP contribution < -0.4 is 0 Å². The van der Waals surface area contributed by atoms with E-state index in [-0.39, 0.29) is 5.92 Å². The van der Waals surface area contributed by atoms with E-state index < -0.39 is 0 Å². The first-order valence-corrected chi connectivity index (χ1v) is 7.63. The Labute approximate surface area is 134 Å². The van der Waals surface area contributed by atoms with Crippen molar-refractivity contribution in [2.24, 2.45) is 0 Å². The lowest BCUT2D eigenvalue weighted by molar-refractivity contribution is 0.979. The summed E-state index contributed by atoms with van der Waals surface area (Å²) in [5.41, 5.74) is 4.23. The minimum absolute atomic E-state index is 0.144. The fourth-order valence-corrected chi connectivity index (χ4v) is 3.11. The van der Waals surface area contributed by atoms with Gasteiger partial charge in [0.15, 0.2) is 0 Å². The number of benzene rings is 2. The zero-order valence-corrected chi connectivity index (χ0v) is 12.8. The van der Waals surface area contributed by atoms with Crippen molar-refractivity contribution >= 4 is 21.8 Å². The molecule has 4 rings (SSSR count). The van der Waals surface area contributed by atoms with Gasteiger partial charge in [0.25, 0.3) is 0 Å². The van der Waals surface area contributed by atoms with Crippen molar-refractivity contribution in [3.05, 3.63) is 72.6 Å². The van der Waals surface area contributed by atoms with Crippen molar-refractivity contribution in [2.45, 2.75) is 12.8 Å². The molecular weight excluding hydrogens is 282 g/mol. The van der Waals surface area contributed by atoms with Gasteiger partial charge in [-0.25, -0.2) is 0 Å². The summed E-state index contributed by atoms with van der Waals surface area (Å²) in [5.74, 6) is -0.144. The maximum absolute atomic E-state index is 9.33. The summed E-state index contributed by atoms with van der Waals surface area (Å²) in [5, 5.41) is 11.6. The predicted molar refractivity (Wildman–Crippen MR) is 92.6 cm³/mol. The average molecular weight is 297 g/mol. The van der Waals surface area contributed by atoms with E-state index in [1.54, 1.807) is 0 Å². The molecular formula is C20H15N3. The minimum atomic E-state index is -0.144. The SMILES string of the molecule is CC(C#N)c1cn(-c2ccnc3ccccc23)c2ccccc12. The second kappa shape index (κ2) is 5.26. The Bertz CT molecular complexity index is 1050. The van der Waals surface area contributed by atoms with Crippen LogP contribution in [0.4, 0.5) is 0 Å². The molecule has 1 unspecified atom stereocenters. The van der Waals surface area contributed by atoms with E-state index in [1.165, 1.54) is 0 Å². The first-order chi connectivity index (χ1) is 11.3. The van der Waals surface area contributed by atoms with Crippen LogP contribution >= 0.6 is 0 Å². The third-order valence-corrected chi connectivity index (χ3v) is 4.29. The summed E-state index contributed by atoms with van der Waals surface area (Å²) < 4.78 is 2.17. The summed E-state index contributed by atoms with van der Waals surface area (Å²) in [6.07, 6.45) is 3.92. The maximum Gasteiger partial charge on any atom is 0.0723 e. The lowest BCUT2D eigenvalue weighted by Crippen LogP contribution is -1.94. The summed E-state index contributed by atoms with van der Waals surface area (Å²) in [6, 6.07) is 20.7. The van der Waals surface area contributed by atoms with E-state index in [9.17, 15) is 5.26 Å². The molecule has 0 fully saturated rings. The molecule has 0 amide bonds. The number of hydrogen-bond acceptors (Lipinski definition) is 2. The largest absolute Gasteiger partial charge is 0.315 e. The number of para-hydroxylation sites is 2. The van der Waals surface area contributed by atoms with Crippen LogP contribution in [0.15, 0.2) is 67.0 Å². The fourth-order valence-electron chi connectivity index (χ4n) is 3.11. The average Bonchev–Trinajstić information content (AvgIpc) is 3.00. The Morgan fingerprint density at radius 1 is 1.00 bits per heavy atom. The molecule has 0 saturated carbocycles. The fraction of sp³-hybridized carbons (Fsp3) is 0.100. The van der Waals surface area contributed by atoms with Crippen LogP contribution in [-0.4, -0.2) is 9.55 Å². The smallest absolute Gasteiger partial charge is 0.0723 e. The number of fused-ring (bicyclic) bond motifs is 2. The Morgan fingerprint density at radius 3 is 2.57 bits per heavy atom. The Balaban J connectivity index is 2.08. The highest BCUT2D eigenvalue weighted by Crippen LogP contribution is 2.31. The highest BCUT2D eigenvalue weighted by molar-refractivity contribution is 5.92. The number of nitrogens with zero attached hydrogens (tertiary/aromatic N) is 3. The topological polar surface area (TPSA) is 41.6 Å². The van der Waals surface area contributed by atoms with E-state index >= 15 is 0 Å². The quantitative estimate of drug-likeness (QED) is 0.533. The molecule has 1 atom stereocenters. The van der Waals surface area contributed by atoms with E-state index in [0.717, 1.165) is 33.1 Å². The molecule has 110 valence electrons. The van der Waals surface area contributed by atoms with Crippen molar-refractivity contribution in [2.75, 3.05) is 0 Å². The minimum Gasteiger partial charge on any atom is -0.315 e. The van der Waals surface area contributed by atoms with Gasteiger partial charge in [0.2, 0.25) is 0 Å². The summed E-state index contributed by atoms with van der Waals surface area (Å²) in [6.45, 7) is 1.94. The van der Waals surface area contributed by atoms with Crippen molar-refractivity contribution < 1.29 is 0 Å². The van der Waals surface area contributed by atoms with Crippen molar-refractivity contribution in [3.8, 4) is 11.8 Å². The number of rotatable bonds is 2. The molecule has 0 spiro atoms. The normalized spacial score (nSPS) is 12.3. The molecule has 0 bridgehead atoms. The molecule has 2 aromatic heterocycles. The zero-order valence-electron chi connectivity index (χ0n) is 12.8. The molecule has 0 aliphatic carbocycles. The summed E-state index contributed by atoms with van der Waals surface area (Å²) in [4.78, 5) is 4.44. The van der Waals surface area contributed by atoms with Gasteiger partial charge >= 0.3 is 0 Å². The van der Waals surface area contributed by atoms with Gasteiger partial charge in [-0.3, -0.25) is 4.98 Å². The molecule has 2 heterocycles. The molecule has 0 radical (unpaired) electrons. The van der Waals surface area contributed by atoms with Crippen molar-refractivity contribution in [3.63, 3.8) is 0 Å². The molecule has 2 aromatic carbocycles. The van der Waals surface area contributed by atoms with Gasteiger partial charge < -0.3 is 4.57 Å². The van der Waals surface area contributed by atoms with Crippen LogP contribution in [0.2, 0.25) is 0 Å². The third kappa shape index (κ3) is 2.08. The van der Waals surface area contributed by atoms with Gasteiger partial charge in [-0.05, 0) is 30.7 Å². The molecule has 4 aromatic rings. The van der Waals surface area contributed by atoms with Gasteiger partial charge in [0.1, 0.15) is 0 Å². The lowest BCUT2D eigenvalue weighted by Gasteiger charge is -2.08. The lowest BCUT2D eigenvalue weighted by atomic mass is 10.0. The first kappa shape index (κ1) is 13.5. The number of hydrogen-bond donors (Lipinski definition) is 0. The molecule has 0 aliphatic heterocycles.